The molecule has 0 atom stereocenters. The number of nitrogens with zero attached hydrogens (tertiary/aromatic N) is 3. The van der Waals surface area contributed by atoms with E-state index in [0.29, 0.717) is 18.2 Å². The molecule has 0 aliphatic heterocycles. The SMILES string of the molecule is NS(=O)(=O)c1ccc(CNc2nc(-c3ccncc3)nc3scc(-c4ccccc4)c23)s1. The Labute approximate surface area is 192 Å². The number of benzene rings is 1. The van der Waals surface area contributed by atoms with Crippen molar-refractivity contribution in [1.82, 2.24) is 15.0 Å². The van der Waals surface area contributed by atoms with Gasteiger partial charge in [0.25, 0.3) is 0 Å². The van der Waals surface area contributed by atoms with Crippen LogP contribution in [0, 0.1) is 0 Å². The Hall–Kier alpha value is -3.18. The minimum absolute atomic E-state index is 0.139. The molecule has 0 aliphatic rings. The van der Waals surface area contributed by atoms with Gasteiger partial charge in [-0.25, -0.2) is 23.5 Å². The number of pyridine rings is 1. The lowest BCUT2D eigenvalue weighted by molar-refractivity contribution is 0.600. The Bertz CT molecular complexity index is 1500. The zero-order valence-corrected chi connectivity index (χ0v) is 19.0. The molecule has 0 amide bonds. The summed E-state index contributed by atoms with van der Waals surface area (Å²) in [6.07, 6.45) is 3.42. The number of hydrogen-bond acceptors (Lipinski definition) is 8. The van der Waals surface area contributed by atoms with Crippen molar-refractivity contribution in [2.24, 2.45) is 5.14 Å². The molecule has 0 radical (unpaired) electrons. The van der Waals surface area contributed by atoms with Crippen LogP contribution in [0.2, 0.25) is 0 Å². The fourth-order valence-corrected chi connectivity index (χ4v) is 5.97. The van der Waals surface area contributed by atoms with Crippen LogP contribution < -0.4 is 10.5 Å². The number of thiophene rings is 2. The summed E-state index contributed by atoms with van der Waals surface area (Å²) < 4.78 is 23.4. The highest BCUT2D eigenvalue weighted by Gasteiger charge is 2.17. The summed E-state index contributed by atoms with van der Waals surface area (Å²) in [5, 5.41) is 11.7. The average molecular weight is 480 g/mol. The summed E-state index contributed by atoms with van der Waals surface area (Å²) in [5.74, 6) is 1.28. The maximum absolute atomic E-state index is 11.6. The van der Waals surface area contributed by atoms with Crippen LogP contribution >= 0.6 is 22.7 Å². The van der Waals surface area contributed by atoms with Crippen molar-refractivity contribution in [2.75, 3.05) is 5.32 Å². The lowest BCUT2D eigenvalue weighted by Gasteiger charge is -2.10. The molecule has 160 valence electrons. The third kappa shape index (κ3) is 4.13. The molecular formula is C22H17N5O2S3. The predicted molar refractivity (Wildman–Crippen MR) is 129 cm³/mol. The zero-order valence-electron chi connectivity index (χ0n) is 16.6. The molecule has 0 aliphatic carbocycles. The largest absolute Gasteiger partial charge is 0.364 e. The maximum atomic E-state index is 11.6. The first-order valence-electron chi connectivity index (χ1n) is 9.59. The van der Waals surface area contributed by atoms with Crippen molar-refractivity contribution in [3.63, 3.8) is 0 Å². The monoisotopic (exact) mass is 479 g/mol. The van der Waals surface area contributed by atoms with Gasteiger partial charge in [0, 0.05) is 33.8 Å². The Morgan fingerprint density at radius 1 is 0.938 bits per heavy atom. The van der Waals surface area contributed by atoms with Crippen LogP contribution in [0.4, 0.5) is 5.82 Å². The average Bonchev–Trinajstić information content (AvgIpc) is 3.46. The third-order valence-corrected chi connectivity index (χ3v) is 8.20. The van der Waals surface area contributed by atoms with Crippen molar-refractivity contribution in [2.45, 2.75) is 10.8 Å². The highest BCUT2D eigenvalue weighted by atomic mass is 32.2. The molecule has 4 aromatic heterocycles. The van der Waals surface area contributed by atoms with Crippen LogP contribution in [0.1, 0.15) is 4.88 Å². The number of rotatable bonds is 6. The summed E-state index contributed by atoms with van der Waals surface area (Å²) in [6, 6.07) is 17.1. The third-order valence-electron chi connectivity index (χ3n) is 4.80. The van der Waals surface area contributed by atoms with Crippen LogP contribution in [0.5, 0.6) is 0 Å². The van der Waals surface area contributed by atoms with Crippen LogP contribution in [0.25, 0.3) is 32.7 Å². The molecule has 32 heavy (non-hydrogen) atoms. The van der Waals surface area contributed by atoms with Gasteiger partial charge in [-0.3, -0.25) is 4.98 Å². The topological polar surface area (TPSA) is 111 Å². The minimum atomic E-state index is -3.72. The molecule has 0 saturated heterocycles. The molecule has 0 fully saturated rings. The smallest absolute Gasteiger partial charge is 0.247 e. The van der Waals surface area contributed by atoms with E-state index < -0.39 is 10.0 Å². The molecule has 0 saturated carbocycles. The highest BCUT2D eigenvalue weighted by molar-refractivity contribution is 7.91. The molecular weight excluding hydrogens is 462 g/mol. The number of anilines is 1. The molecule has 4 heterocycles. The van der Waals surface area contributed by atoms with Gasteiger partial charge in [-0.05, 0) is 29.8 Å². The molecule has 1 aromatic carbocycles. The molecule has 0 bridgehead atoms. The summed E-state index contributed by atoms with van der Waals surface area (Å²) in [5.41, 5.74) is 2.99. The Morgan fingerprint density at radius 2 is 1.72 bits per heavy atom. The van der Waals surface area contributed by atoms with Crippen LogP contribution in [0.3, 0.4) is 0 Å². The van der Waals surface area contributed by atoms with E-state index in [-0.39, 0.29) is 4.21 Å². The number of nitrogens with one attached hydrogen (secondary N) is 1. The van der Waals surface area contributed by atoms with Crippen LogP contribution in [0.15, 0.2) is 76.6 Å². The number of sulfonamides is 1. The van der Waals surface area contributed by atoms with E-state index in [1.807, 2.05) is 30.3 Å². The predicted octanol–water partition coefficient (Wildman–Crippen LogP) is 4.74. The second-order valence-corrected chi connectivity index (χ2v) is 10.8. The van der Waals surface area contributed by atoms with E-state index in [2.05, 4.69) is 27.8 Å². The van der Waals surface area contributed by atoms with Gasteiger partial charge in [0.2, 0.25) is 10.0 Å². The number of nitrogens with two attached hydrogens (primary N) is 1. The first-order chi connectivity index (χ1) is 15.5. The number of fused-ring (bicyclic) bond motifs is 1. The van der Waals surface area contributed by atoms with E-state index in [1.54, 1.807) is 29.8 Å². The first kappa shape index (κ1) is 20.7. The first-order valence-corrected chi connectivity index (χ1v) is 12.8. The molecule has 10 heteroatoms. The molecule has 0 spiro atoms. The second-order valence-electron chi connectivity index (χ2n) is 6.95. The van der Waals surface area contributed by atoms with E-state index in [1.165, 1.54) is 6.07 Å². The van der Waals surface area contributed by atoms with Gasteiger partial charge in [-0.1, -0.05) is 30.3 Å². The van der Waals surface area contributed by atoms with E-state index in [0.717, 1.165) is 43.1 Å². The van der Waals surface area contributed by atoms with E-state index in [9.17, 15) is 8.42 Å². The van der Waals surface area contributed by atoms with Gasteiger partial charge in [-0.2, -0.15) is 0 Å². The number of primary sulfonamides is 1. The maximum Gasteiger partial charge on any atom is 0.247 e. The van der Waals surface area contributed by atoms with Gasteiger partial charge in [0.15, 0.2) is 5.82 Å². The lowest BCUT2D eigenvalue weighted by Crippen LogP contribution is -2.09. The van der Waals surface area contributed by atoms with Gasteiger partial charge in [0.05, 0.1) is 11.9 Å². The summed E-state index contributed by atoms with van der Waals surface area (Å²) >= 11 is 2.70. The van der Waals surface area contributed by atoms with E-state index in [4.69, 9.17) is 15.1 Å². The fraction of sp³-hybridized carbons (Fsp3) is 0.0455. The van der Waals surface area contributed by atoms with Crippen molar-refractivity contribution in [3.8, 4) is 22.5 Å². The highest BCUT2D eigenvalue weighted by Crippen LogP contribution is 2.38. The van der Waals surface area contributed by atoms with Gasteiger partial charge in [0.1, 0.15) is 14.9 Å². The summed E-state index contributed by atoms with van der Waals surface area (Å²) in [7, 11) is -3.72. The second kappa shape index (κ2) is 8.40. The fourth-order valence-electron chi connectivity index (χ4n) is 3.31. The minimum Gasteiger partial charge on any atom is -0.364 e. The molecule has 7 nitrogen and oxygen atoms in total. The van der Waals surface area contributed by atoms with E-state index >= 15 is 0 Å². The molecule has 3 N–H and O–H groups in total. The van der Waals surface area contributed by atoms with Crippen LogP contribution in [-0.4, -0.2) is 23.4 Å². The van der Waals surface area contributed by atoms with Crippen LogP contribution in [-0.2, 0) is 16.6 Å². The molecule has 0 unspecified atom stereocenters. The van der Waals surface area contributed by atoms with Crippen molar-refractivity contribution in [1.29, 1.82) is 0 Å². The van der Waals surface area contributed by atoms with Crippen molar-refractivity contribution < 1.29 is 8.42 Å². The number of aromatic nitrogens is 3. The Kier molecular flexibility index (Phi) is 5.43. The molecule has 5 aromatic rings. The van der Waals surface area contributed by atoms with Gasteiger partial charge < -0.3 is 5.32 Å². The van der Waals surface area contributed by atoms with Crippen molar-refractivity contribution >= 4 is 48.7 Å². The Balaban J connectivity index is 1.59. The normalized spacial score (nSPS) is 11.7. The van der Waals surface area contributed by atoms with Gasteiger partial charge in [-0.15, -0.1) is 22.7 Å². The summed E-state index contributed by atoms with van der Waals surface area (Å²) in [4.78, 5) is 15.4. The quantitative estimate of drug-likeness (QED) is 0.364. The van der Waals surface area contributed by atoms with Crippen molar-refractivity contribution in [3.05, 3.63) is 77.2 Å². The zero-order chi connectivity index (χ0) is 22.1. The van der Waals surface area contributed by atoms with Gasteiger partial charge >= 0.3 is 0 Å². The lowest BCUT2D eigenvalue weighted by atomic mass is 10.1. The molecule has 5 rings (SSSR count). The summed E-state index contributed by atoms with van der Waals surface area (Å²) in [6.45, 7) is 0.409. The Morgan fingerprint density at radius 3 is 2.44 bits per heavy atom. The number of hydrogen-bond donors (Lipinski definition) is 2. The standard InChI is InChI=1S/C22H17N5O2S3/c23-32(28,29)18-7-6-16(31-18)12-25-21-19-17(14-4-2-1-3-5-14)13-30-22(19)27-20(26-21)15-8-10-24-11-9-15/h1-11,13H,12H2,(H2,23,28,29)(H,25,26,27).